The van der Waals surface area contributed by atoms with E-state index in [2.05, 4.69) is 23.9 Å². The van der Waals surface area contributed by atoms with Gasteiger partial charge in [-0.05, 0) is 33.7 Å². The number of methoxy groups -OCH3 is 1. The van der Waals surface area contributed by atoms with Crippen LogP contribution >= 0.6 is 11.6 Å². The minimum Gasteiger partial charge on any atom is -0.496 e. The van der Waals surface area contributed by atoms with Crippen LogP contribution in [0.3, 0.4) is 0 Å². The summed E-state index contributed by atoms with van der Waals surface area (Å²) in [6.45, 7) is 4.94. The lowest BCUT2D eigenvalue weighted by Crippen LogP contribution is -2.40. The molecule has 0 aliphatic heterocycles. The van der Waals surface area contributed by atoms with Crippen LogP contribution in [-0.2, 0) is 6.54 Å². The average Bonchev–Trinajstić information content (AvgIpc) is 2.43. The predicted octanol–water partition coefficient (Wildman–Crippen LogP) is 3.69. The van der Waals surface area contributed by atoms with Crippen LogP contribution in [0.2, 0.25) is 0 Å². The molecule has 0 bridgehead atoms. The normalized spacial score (nSPS) is 23.1. The van der Waals surface area contributed by atoms with Gasteiger partial charge in [0.25, 0.3) is 0 Å². The number of rotatable bonds is 4. The molecule has 0 amide bonds. The standard InChI is InChI=1S/C16H25ClN2O/c1-11-9-18-14(12(2)16(11)20-4)10-19(3)15-8-6-5-7-13(15)17/h9,13,15H,5-8,10H2,1-4H3. The maximum Gasteiger partial charge on any atom is 0.128 e. The molecule has 1 aliphatic carbocycles. The molecule has 2 atom stereocenters. The fraction of sp³-hybridized carbons (Fsp3) is 0.688. The molecule has 2 unspecified atom stereocenters. The van der Waals surface area contributed by atoms with Crippen molar-refractivity contribution >= 4 is 11.6 Å². The zero-order valence-corrected chi connectivity index (χ0v) is 13.7. The lowest BCUT2D eigenvalue weighted by molar-refractivity contribution is 0.186. The molecule has 4 heteroatoms. The molecule has 1 saturated carbocycles. The molecular weight excluding hydrogens is 272 g/mol. The van der Waals surface area contributed by atoms with E-state index in [4.69, 9.17) is 16.3 Å². The van der Waals surface area contributed by atoms with Crippen molar-refractivity contribution in [3.63, 3.8) is 0 Å². The van der Waals surface area contributed by atoms with Gasteiger partial charge in [0.1, 0.15) is 5.75 Å². The van der Waals surface area contributed by atoms with E-state index in [0.29, 0.717) is 6.04 Å². The first-order valence-electron chi connectivity index (χ1n) is 7.38. The highest BCUT2D eigenvalue weighted by molar-refractivity contribution is 6.21. The molecule has 0 radical (unpaired) electrons. The number of hydrogen-bond acceptors (Lipinski definition) is 3. The second kappa shape index (κ2) is 6.77. The molecule has 1 heterocycles. The van der Waals surface area contributed by atoms with E-state index in [1.54, 1.807) is 7.11 Å². The highest BCUT2D eigenvalue weighted by Crippen LogP contribution is 2.29. The van der Waals surface area contributed by atoms with Crippen molar-refractivity contribution in [2.24, 2.45) is 0 Å². The number of pyridine rings is 1. The number of nitrogens with zero attached hydrogens (tertiary/aromatic N) is 2. The van der Waals surface area contributed by atoms with Crippen molar-refractivity contribution in [1.82, 2.24) is 9.88 Å². The third-order valence-electron chi connectivity index (χ3n) is 4.36. The molecule has 0 spiro atoms. The van der Waals surface area contributed by atoms with Gasteiger partial charge in [-0.2, -0.15) is 0 Å². The summed E-state index contributed by atoms with van der Waals surface area (Å²) in [5.41, 5.74) is 3.31. The Labute approximate surface area is 127 Å². The number of alkyl halides is 1. The highest BCUT2D eigenvalue weighted by atomic mass is 35.5. The van der Waals surface area contributed by atoms with E-state index in [9.17, 15) is 0 Å². The highest BCUT2D eigenvalue weighted by Gasteiger charge is 2.27. The average molecular weight is 297 g/mol. The first-order chi connectivity index (χ1) is 9.54. The van der Waals surface area contributed by atoms with Gasteiger partial charge >= 0.3 is 0 Å². The van der Waals surface area contributed by atoms with E-state index in [1.165, 1.54) is 19.3 Å². The quantitative estimate of drug-likeness (QED) is 0.792. The Hall–Kier alpha value is -0.800. The van der Waals surface area contributed by atoms with Gasteiger partial charge in [-0.3, -0.25) is 9.88 Å². The summed E-state index contributed by atoms with van der Waals surface area (Å²) in [7, 11) is 3.87. The summed E-state index contributed by atoms with van der Waals surface area (Å²) >= 11 is 6.48. The molecular formula is C16H25ClN2O. The molecule has 1 fully saturated rings. The zero-order chi connectivity index (χ0) is 14.7. The van der Waals surface area contributed by atoms with Gasteiger partial charge in [-0.25, -0.2) is 0 Å². The van der Waals surface area contributed by atoms with Crippen LogP contribution in [0.25, 0.3) is 0 Å². The van der Waals surface area contributed by atoms with Crippen molar-refractivity contribution in [3.05, 3.63) is 23.0 Å². The molecule has 1 aromatic heterocycles. The lowest BCUT2D eigenvalue weighted by atomic mass is 9.93. The molecule has 0 N–H and O–H groups in total. The molecule has 1 aliphatic rings. The van der Waals surface area contributed by atoms with Crippen LogP contribution in [0.5, 0.6) is 5.75 Å². The van der Waals surface area contributed by atoms with Gasteiger partial charge in [-0.15, -0.1) is 11.6 Å². The Kier molecular flexibility index (Phi) is 5.28. The molecule has 0 aromatic carbocycles. The molecule has 3 nitrogen and oxygen atoms in total. The van der Waals surface area contributed by atoms with Crippen LogP contribution < -0.4 is 4.74 Å². The Morgan fingerprint density at radius 1 is 1.35 bits per heavy atom. The van der Waals surface area contributed by atoms with Crippen molar-refractivity contribution in [1.29, 1.82) is 0 Å². The SMILES string of the molecule is COc1c(C)cnc(CN(C)C2CCCCC2Cl)c1C. The maximum atomic E-state index is 6.48. The van der Waals surface area contributed by atoms with Gasteiger partial charge in [0, 0.05) is 35.3 Å². The van der Waals surface area contributed by atoms with E-state index in [0.717, 1.165) is 35.5 Å². The predicted molar refractivity (Wildman–Crippen MR) is 83.6 cm³/mol. The molecule has 112 valence electrons. The monoisotopic (exact) mass is 296 g/mol. The number of hydrogen-bond donors (Lipinski definition) is 0. The van der Waals surface area contributed by atoms with Crippen LogP contribution in [0.1, 0.15) is 42.5 Å². The number of halogens is 1. The fourth-order valence-electron chi connectivity index (χ4n) is 3.15. The van der Waals surface area contributed by atoms with Crippen molar-refractivity contribution in [2.75, 3.05) is 14.2 Å². The van der Waals surface area contributed by atoms with Gasteiger partial charge in [0.05, 0.1) is 12.8 Å². The summed E-state index contributed by atoms with van der Waals surface area (Å²) in [5.74, 6) is 0.953. The first-order valence-corrected chi connectivity index (χ1v) is 7.81. The largest absolute Gasteiger partial charge is 0.496 e. The Bertz CT molecular complexity index is 464. The van der Waals surface area contributed by atoms with Gasteiger partial charge in [0.15, 0.2) is 0 Å². The third-order valence-corrected chi connectivity index (χ3v) is 4.87. The maximum absolute atomic E-state index is 6.48. The number of aryl methyl sites for hydroxylation is 1. The van der Waals surface area contributed by atoms with Crippen LogP contribution in [0, 0.1) is 13.8 Å². The van der Waals surface area contributed by atoms with Crippen LogP contribution in [-0.4, -0.2) is 35.5 Å². The van der Waals surface area contributed by atoms with Gasteiger partial charge < -0.3 is 4.74 Å². The Morgan fingerprint density at radius 3 is 2.70 bits per heavy atom. The topological polar surface area (TPSA) is 25.4 Å². The second-order valence-electron chi connectivity index (χ2n) is 5.83. The van der Waals surface area contributed by atoms with Gasteiger partial charge in [-0.1, -0.05) is 12.8 Å². The van der Waals surface area contributed by atoms with E-state index >= 15 is 0 Å². The number of ether oxygens (including phenoxy) is 1. The number of aromatic nitrogens is 1. The minimum atomic E-state index is 0.265. The summed E-state index contributed by atoms with van der Waals surface area (Å²) in [6.07, 6.45) is 6.75. The Balaban J connectivity index is 2.13. The van der Waals surface area contributed by atoms with Crippen LogP contribution in [0.4, 0.5) is 0 Å². The first kappa shape index (κ1) is 15.6. The van der Waals surface area contributed by atoms with E-state index in [-0.39, 0.29) is 5.38 Å². The summed E-state index contributed by atoms with van der Waals surface area (Å²) < 4.78 is 5.48. The fourth-order valence-corrected chi connectivity index (χ4v) is 3.62. The molecule has 1 aromatic rings. The second-order valence-corrected chi connectivity index (χ2v) is 6.39. The lowest BCUT2D eigenvalue weighted by Gasteiger charge is -2.35. The third kappa shape index (κ3) is 3.26. The Morgan fingerprint density at radius 2 is 2.05 bits per heavy atom. The summed E-state index contributed by atoms with van der Waals surface area (Å²) in [5, 5.41) is 0.265. The minimum absolute atomic E-state index is 0.265. The van der Waals surface area contributed by atoms with E-state index in [1.807, 2.05) is 13.1 Å². The summed E-state index contributed by atoms with van der Waals surface area (Å²) in [6, 6.07) is 0.457. The van der Waals surface area contributed by atoms with Crippen molar-refractivity contribution in [2.45, 2.75) is 57.5 Å². The van der Waals surface area contributed by atoms with E-state index < -0.39 is 0 Å². The molecule has 20 heavy (non-hydrogen) atoms. The molecule has 0 saturated heterocycles. The van der Waals surface area contributed by atoms with Crippen molar-refractivity contribution < 1.29 is 4.74 Å². The smallest absolute Gasteiger partial charge is 0.128 e. The summed E-state index contributed by atoms with van der Waals surface area (Å²) in [4.78, 5) is 6.93. The van der Waals surface area contributed by atoms with Crippen LogP contribution in [0.15, 0.2) is 6.20 Å². The molecule has 2 rings (SSSR count). The van der Waals surface area contributed by atoms with Crippen molar-refractivity contribution in [3.8, 4) is 5.75 Å². The zero-order valence-electron chi connectivity index (χ0n) is 12.9. The van der Waals surface area contributed by atoms with Gasteiger partial charge in [0.2, 0.25) is 0 Å².